The van der Waals surface area contributed by atoms with Crippen molar-refractivity contribution in [2.24, 2.45) is 5.92 Å². The summed E-state index contributed by atoms with van der Waals surface area (Å²) in [6.45, 7) is 12.0. The molecule has 2 heteroatoms. The zero-order valence-electron chi connectivity index (χ0n) is 16.8. The molecule has 0 N–H and O–H groups in total. The van der Waals surface area contributed by atoms with Crippen LogP contribution in [0.3, 0.4) is 0 Å². The molecule has 4 rings (SSSR count). The molecule has 0 unspecified atom stereocenters. The molecule has 1 aromatic rings. The molecule has 2 aliphatic heterocycles. The summed E-state index contributed by atoms with van der Waals surface area (Å²) in [6, 6.07) is 2.37. The lowest BCUT2D eigenvalue weighted by atomic mass is 9.65. The molecule has 1 aromatic carbocycles. The van der Waals surface area contributed by atoms with Gasteiger partial charge in [-0.3, -0.25) is 0 Å². The Morgan fingerprint density at radius 1 is 1.23 bits per heavy atom. The van der Waals surface area contributed by atoms with Gasteiger partial charge in [-0.1, -0.05) is 31.9 Å². The zero-order valence-corrected chi connectivity index (χ0v) is 16.8. The summed E-state index contributed by atoms with van der Waals surface area (Å²) in [7, 11) is 0. The lowest BCUT2D eigenvalue weighted by Crippen LogP contribution is -2.46. The van der Waals surface area contributed by atoms with Crippen molar-refractivity contribution in [1.82, 2.24) is 0 Å². The van der Waals surface area contributed by atoms with Gasteiger partial charge in [0.05, 0.1) is 6.61 Å². The second-order valence-corrected chi connectivity index (χ2v) is 9.08. The Morgan fingerprint density at radius 2 is 2.08 bits per heavy atom. The molecule has 1 fully saturated rings. The van der Waals surface area contributed by atoms with Crippen LogP contribution in [0.4, 0.5) is 0 Å². The third-order valence-corrected chi connectivity index (χ3v) is 6.78. The Balaban J connectivity index is 1.80. The van der Waals surface area contributed by atoms with E-state index in [4.69, 9.17) is 9.47 Å². The summed E-state index contributed by atoms with van der Waals surface area (Å²) in [6.07, 6.45) is 10.7. The number of benzene rings is 1. The Bertz CT molecular complexity index is 701. The van der Waals surface area contributed by atoms with Crippen molar-refractivity contribution in [3.05, 3.63) is 34.9 Å². The Morgan fingerprint density at radius 3 is 2.88 bits per heavy atom. The molecule has 0 spiro atoms. The maximum atomic E-state index is 6.63. The van der Waals surface area contributed by atoms with Gasteiger partial charge >= 0.3 is 0 Å². The van der Waals surface area contributed by atoms with E-state index >= 15 is 0 Å². The van der Waals surface area contributed by atoms with Gasteiger partial charge < -0.3 is 9.47 Å². The smallest absolute Gasteiger partial charge is 0.129 e. The van der Waals surface area contributed by atoms with Gasteiger partial charge in [0, 0.05) is 17.4 Å². The van der Waals surface area contributed by atoms with E-state index in [2.05, 4.69) is 33.4 Å². The number of unbranched alkanes of at least 4 members (excludes halogenated alkanes) is 2. The summed E-state index contributed by atoms with van der Waals surface area (Å²) < 4.78 is 12.9. The van der Waals surface area contributed by atoms with Crippen LogP contribution in [0.15, 0.2) is 18.2 Å². The van der Waals surface area contributed by atoms with Gasteiger partial charge in [0.1, 0.15) is 17.1 Å². The molecule has 0 radical (unpaired) electrons. The van der Waals surface area contributed by atoms with Crippen molar-refractivity contribution >= 4 is 0 Å². The van der Waals surface area contributed by atoms with Gasteiger partial charge in [-0.2, -0.15) is 0 Å². The van der Waals surface area contributed by atoms with E-state index in [0.717, 1.165) is 44.5 Å². The maximum Gasteiger partial charge on any atom is 0.129 e. The van der Waals surface area contributed by atoms with Crippen LogP contribution in [0.5, 0.6) is 11.5 Å². The van der Waals surface area contributed by atoms with Crippen LogP contribution in [0.2, 0.25) is 0 Å². The van der Waals surface area contributed by atoms with E-state index in [-0.39, 0.29) is 5.60 Å². The van der Waals surface area contributed by atoms with Crippen LogP contribution >= 0.6 is 0 Å². The lowest BCUT2D eigenvalue weighted by molar-refractivity contribution is -0.00140. The van der Waals surface area contributed by atoms with Gasteiger partial charge in [0.25, 0.3) is 0 Å². The van der Waals surface area contributed by atoms with Crippen LogP contribution in [-0.2, 0) is 12.8 Å². The Labute approximate surface area is 159 Å². The molecule has 2 heterocycles. The van der Waals surface area contributed by atoms with Crippen LogP contribution in [0.1, 0.15) is 88.3 Å². The number of hydrogen-bond acceptors (Lipinski definition) is 2. The maximum absolute atomic E-state index is 6.63. The fraction of sp³-hybridized carbons (Fsp3) is 0.667. The minimum absolute atomic E-state index is 0.109. The number of rotatable bonds is 4. The summed E-state index contributed by atoms with van der Waals surface area (Å²) >= 11 is 0. The average Bonchev–Trinajstić information content (AvgIpc) is 2.61. The van der Waals surface area contributed by atoms with Crippen molar-refractivity contribution in [1.29, 1.82) is 0 Å². The van der Waals surface area contributed by atoms with Crippen molar-refractivity contribution in [3.63, 3.8) is 0 Å². The van der Waals surface area contributed by atoms with Gasteiger partial charge in [-0.05, 0) is 76.0 Å². The summed E-state index contributed by atoms with van der Waals surface area (Å²) in [5, 5.41) is 0. The lowest BCUT2D eigenvalue weighted by Gasteiger charge is -2.48. The molecule has 26 heavy (non-hydrogen) atoms. The third kappa shape index (κ3) is 3.06. The van der Waals surface area contributed by atoms with Crippen molar-refractivity contribution in [3.8, 4) is 11.5 Å². The summed E-state index contributed by atoms with van der Waals surface area (Å²) in [5.74, 6) is 3.34. The average molecular weight is 355 g/mol. The molecular formula is C24H34O2. The second kappa shape index (κ2) is 6.94. The van der Waals surface area contributed by atoms with Crippen LogP contribution in [-0.4, -0.2) is 12.2 Å². The topological polar surface area (TPSA) is 18.5 Å². The minimum atomic E-state index is -0.109. The quantitative estimate of drug-likeness (QED) is 0.463. The molecule has 0 aromatic heterocycles. The first-order chi connectivity index (χ1) is 12.5. The fourth-order valence-corrected chi connectivity index (χ4v) is 5.44. The molecular weight excluding hydrogens is 320 g/mol. The molecule has 3 aliphatic rings. The summed E-state index contributed by atoms with van der Waals surface area (Å²) in [4.78, 5) is 0. The molecule has 2 nitrogen and oxygen atoms in total. The molecule has 1 aliphatic carbocycles. The van der Waals surface area contributed by atoms with E-state index in [0.29, 0.717) is 11.8 Å². The number of allylic oxidation sites excluding steroid dienone is 1. The van der Waals surface area contributed by atoms with E-state index in [1.807, 2.05) is 0 Å². The zero-order chi connectivity index (χ0) is 18.3. The third-order valence-electron chi connectivity index (χ3n) is 6.78. The highest BCUT2D eigenvalue weighted by molar-refractivity contribution is 5.58. The highest BCUT2D eigenvalue weighted by Crippen LogP contribution is 2.56. The predicted molar refractivity (Wildman–Crippen MR) is 107 cm³/mol. The highest BCUT2D eigenvalue weighted by atomic mass is 16.5. The molecule has 0 bridgehead atoms. The molecule has 0 amide bonds. The van der Waals surface area contributed by atoms with Crippen molar-refractivity contribution in [2.45, 2.75) is 90.1 Å². The van der Waals surface area contributed by atoms with Gasteiger partial charge in [-0.15, -0.1) is 0 Å². The van der Waals surface area contributed by atoms with Crippen LogP contribution in [0.25, 0.3) is 0 Å². The first-order valence-corrected chi connectivity index (χ1v) is 10.7. The molecule has 2 atom stereocenters. The van der Waals surface area contributed by atoms with Crippen LogP contribution < -0.4 is 9.47 Å². The first-order valence-electron chi connectivity index (χ1n) is 10.7. The SMILES string of the molecule is C=C1CC[C@@H]2[C@@H](C1)c1c(cc(CCCCC)c3c1OCCC3)OC2(C)C. The Kier molecular flexibility index (Phi) is 4.79. The monoisotopic (exact) mass is 354 g/mol. The fourth-order valence-electron chi connectivity index (χ4n) is 5.44. The number of aryl methyl sites for hydroxylation is 1. The number of fused-ring (bicyclic) bond motifs is 5. The second-order valence-electron chi connectivity index (χ2n) is 9.08. The number of hydrogen-bond donors (Lipinski definition) is 0. The normalized spacial score (nSPS) is 26.2. The molecule has 0 saturated heterocycles. The van der Waals surface area contributed by atoms with E-state index in [1.165, 1.54) is 53.7 Å². The molecule has 142 valence electrons. The van der Waals surface area contributed by atoms with Gasteiger partial charge in [0.15, 0.2) is 0 Å². The Hall–Kier alpha value is -1.44. The van der Waals surface area contributed by atoms with Crippen molar-refractivity contribution < 1.29 is 9.47 Å². The standard InChI is InChI=1S/C24H34O2/c1-5-6-7-9-17-15-21-22(23-18(17)10-8-13-25-23)19-14-16(2)11-12-20(19)24(3,4)26-21/h15,19-20H,2,5-14H2,1,3-4H3/t19-,20-/m1/s1. The largest absolute Gasteiger partial charge is 0.493 e. The van der Waals surface area contributed by atoms with Gasteiger partial charge in [0.2, 0.25) is 0 Å². The molecule has 1 saturated carbocycles. The van der Waals surface area contributed by atoms with Gasteiger partial charge in [-0.25, -0.2) is 0 Å². The van der Waals surface area contributed by atoms with E-state index in [1.54, 1.807) is 0 Å². The van der Waals surface area contributed by atoms with Crippen LogP contribution in [0, 0.1) is 5.92 Å². The van der Waals surface area contributed by atoms with E-state index < -0.39 is 0 Å². The van der Waals surface area contributed by atoms with E-state index in [9.17, 15) is 0 Å². The minimum Gasteiger partial charge on any atom is -0.493 e. The van der Waals surface area contributed by atoms with Crippen molar-refractivity contribution in [2.75, 3.05) is 6.61 Å². The predicted octanol–water partition coefficient (Wildman–Crippen LogP) is 6.36. The first kappa shape index (κ1) is 17.9. The summed E-state index contributed by atoms with van der Waals surface area (Å²) in [5.41, 5.74) is 5.60. The number of ether oxygens (including phenoxy) is 2. The highest BCUT2D eigenvalue weighted by Gasteiger charge is 2.47.